The number of rotatable bonds is 6. The number of hydrogen-bond acceptors (Lipinski definition) is 6. The minimum Gasteiger partial charge on any atom is -0.396 e. The van der Waals surface area contributed by atoms with E-state index in [1.807, 2.05) is 0 Å². The molecular weight excluding hydrogens is 329 g/mol. The maximum absolute atomic E-state index is 11.8. The smallest absolute Gasteiger partial charge is 0.380 e. The fraction of sp³-hybridized carbons (Fsp3) is 1.00. The largest absolute Gasteiger partial charge is 0.396 e. The van der Waals surface area contributed by atoms with Crippen LogP contribution in [0.1, 0.15) is 0 Å². The predicted octanol–water partition coefficient (Wildman–Crippen LogP) is -1.89. The van der Waals surface area contributed by atoms with E-state index in [0.29, 0.717) is 0 Å². The van der Waals surface area contributed by atoms with Crippen LogP contribution in [0.25, 0.3) is 0 Å². The van der Waals surface area contributed by atoms with Crippen molar-refractivity contribution in [3.63, 3.8) is 0 Å². The van der Waals surface area contributed by atoms with Crippen LogP contribution < -0.4 is 0 Å². The zero-order chi connectivity index (χ0) is 13.1. The van der Waals surface area contributed by atoms with Gasteiger partial charge in [0.1, 0.15) is 0 Å². The van der Waals surface area contributed by atoms with Crippen LogP contribution in [0.2, 0.25) is 19.6 Å². The monoisotopic (exact) mass is 338 g/mol. The van der Waals surface area contributed by atoms with Gasteiger partial charge in [0.25, 0.3) is 0 Å². The first-order chi connectivity index (χ1) is 7.15. The van der Waals surface area contributed by atoms with Crippen molar-refractivity contribution in [2.24, 2.45) is 0 Å². The van der Waals surface area contributed by atoms with E-state index in [1.165, 1.54) is 6.55 Å². The molecule has 0 fully saturated rings. The second-order valence-corrected chi connectivity index (χ2v) is 40.8. The highest BCUT2D eigenvalue weighted by Gasteiger charge is 2.47. The summed E-state index contributed by atoms with van der Waals surface area (Å²) in [7, 11) is -17.8. The molecule has 0 aliphatic heterocycles. The standard InChI is InChI=1S/C3H10O6Si7/c1-11(5)12(6)13(7)14(8)15(9)16(2,3)10-4/h10H,1-3H3. The van der Waals surface area contributed by atoms with Crippen LogP contribution in [0, 0.1) is 0 Å². The summed E-state index contributed by atoms with van der Waals surface area (Å²) in [5, 5.41) is 0. The van der Waals surface area contributed by atoms with Crippen molar-refractivity contribution in [2.75, 3.05) is 0 Å². The molecule has 0 saturated carbocycles. The molecule has 0 aromatic heterocycles. The lowest BCUT2D eigenvalue weighted by Gasteiger charge is -2.06. The average Bonchev–Trinajstić information content (AvgIpc) is 2.24. The molecule has 0 N–H and O–H groups in total. The Morgan fingerprint density at radius 2 is 1.31 bits per heavy atom. The Morgan fingerprint density at radius 3 is 1.62 bits per heavy atom. The zero-order valence-corrected chi connectivity index (χ0v) is 16.2. The molecule has 0 saturated heterocycles. The number of hydrogen-bond donors (Lipinski definition) is 0. The summed E-state index contributed by atoms with van der Waals surface area (Å²) < 4.78 is 68.0. The summed E-state index contributed by atoms with van der Waals surface area (Å²) in [6.45, 7) is 4.31. The van der Waals surface area contributed by atoms with Gasteiger partial charge in [-0.05, 0) is 6.55 Å². The van der Waals surface area contributed by atoms with Crippen LogP contribution in [-0.2, 0) is 26.8 Å². The third kappa shape index (κ3) is 3.96. The maximum Gasteiger partial charge on any atom is 0.380 e. The Kier molecular flexibility index (Phi) is 6.43. The van der Waals surface area contributed by atoms with Crippen molar-refractivity contribution in [3.05, 3.63) is 0 Å². The van der Waals surface area contributed by atoms with Crippen molar-refractivity contribution >= 4 is 55.1 Å². The van der Waals surface area contributed by atoms with Crippen LogP contribution in [0.15, 0.2) is 0 Å². The predicted molar refractivity (Wildman–Crippen MR) is 63.4 cm³/mol. The zero-order valence-electron chi connectivity index (χ0n) is 9.03. The van der Waals surface area contributed by atoms with E-state index < -0.39 is 55.1 Å². The van der Waals surface area contributed by atoms with Crippen LogP contribution in [0.3, 0.4) is 0 Å². The van der Waals surface area contributed by atoms with Gasteiger partial charge in [-0.15, -0.1) is 0 Å². The Balaban J connectivity index is 5.05. The van der Waals surface area contributed by atoms with Gasteiger partial charge in [0.15, 0.2) is 7.11 Å². The van der Waals surface area contributed by atoms with E-state index in [4.69, 9.17) is 0 Å². The molecule has 0 rings (SSSR count). The van der Waals surface area contributed by atoms with Gasteiger partial charge >= 0.3 is 39.1 Å². The summed E-state index contributed by atoms with van der Waals surface area (Å²) in [4.78, 5) is 0. The van der Waals surface area contributed by atoms with Gasteiger partial charge in [0.05, 0.1) is 0 Å². The molecule has 0 radical (unpaired) electrons. The van der Waals surface area contributed by atoms with Crippen LogP contribution in [0.5, 0.6) is 0 Å². The summed E-state index contributed by atoms with van der Waals surface area (Å²) >= 11 is 0. The van der Waals surface area contributed by atoms with Gasteiger partial charge in [-0.3, -0.25) is 0 Å². The Morgan fingerprint density at radius 1 is 0.875 bits per heavy atom. The van der Waals surface area contributed by atoms with E-state index >= 15 is 0 Å². The minimum atomic E-state index is -3.02. The van der Waals surface area contributed by atoms with Crippen LogP contribution in [-0.4, -0.2) is 55.1 Å². The minimum absolute atomic E-state index is 1.20. The van der Waals surface area contributed by atoms with Crippen molar-refractivity contribution in [1.29, 1.82) is 0 Å². The first kappa shape index (κ1) is 16.3. The SMILES string of the molecule is C[Si](=O)[Si](=O)[Si](=O)[Si](=O)[Si](=O)[Si](C)(C)[SiH]=O. The van der Waals surface area contributed by atoms with Crippen LogP contribution >= 0.6 is 0 Å². The summed E-state index contributed by atoms with van der Waals surface area (Å²) in [5.74, 6) is 0. The molecule has 0 bridgehead atoms. The van der Waals surface area contributed by atoms with E-state index in [1.54, 1.807) is 13.1 Å². The van der Waals surface area contributed by atoms with Gasteiger partial charge in [-0.25, -0.2) is 0 Å². The Labute approximate surface area is 101 Å². The highest BCUT2D eigenvalue weighted by molar-refractivity contribution is 7.74. The second-order valence-electron chi connectivity index (χ2n) is 3.71. The highest BCUT2D eigenvalue weighted by Crippen LogP contribution is 1.97. The third-order valence-corrected chi connectivity index (χ3v) is 50.4. The van der Waals surface area contributed by atoms with Gasteiger partial charge in [-0.1, -0.05) is 13.1 Å². The summed E-state index contributed by atoms with van der Waals surface area (Å²) in [6.07, 6.45) is 0. The normalized spacial score (nSPS) is 10.4. The van der Waals surface area contributed by atoms with Crippen LogP contribution in [0.4, 0.5) is 0 Å². The van der Waals surface area contributed by atoms with Crippen molar-refractivity contribution < 1.29 is 26.8 Å². The first-order valence-corrected chi connectivity index (χ1v) is 22.1. The van der Waals surface area contributed by atoms with Gasteiger partial charge < -0.3 is 26.8 Å². The Bertz CT molecular complexity index is 410. The van der Waals surface area contributed by atoms with Crippen molar-refractivity contribution in [2.45, 2.75) is 19.6 Å². The molecule has 0 aliphatic carbocycles. The second kappa shape index (κ2) is 6.30. The molecule has 86 valence electrons. The summed E-state index contributed by atoms with van der Waals surface area (Å²) in [5.41, 5.74) is 0. The molecule has 0 amide bonds. The molecule has 0 heterocycles. The van der Waals surface area contributed by atoms with E-state index in [0.717, 1.165) is 0 Å². The van der Waals surface area contributed by atoms with Gasteiger partial charge in [-0.2, -0.15) is 0 Å². The molecule has 0 aromatic rings. The Hall–Kier alpha value is 0.318. The molecule has 0 aromatic carbocycles. The molecule has 0 aliphatic rings. The lowest BCUT2D eigenvalue weighted by molar-refractivity contribution is 0.539. The van der Waals surface area contributed by atoms with E-state index in [2.05, 4.69) is 0 Å². The molecule has 6 nitrogen and oxygen atoms in total. The fourth-order valence-electron chi connectivity index (χ4n) is 0.712. The molecule has 16 heavy (non-hydrogen) atoms. The van der Waals surface area contributed by atoms with E-state index in [-0.39, 0.29) is 0 Å². The van der Waals surface area contributed by atoms with E-state index in [9.17, 15) is 26.8 Å². The maximum atomic E-state index is 11.8. The molecule has 0 atom stereocenters. The molecule has 0 spiro atoms. The first-order valence-electron chi connectivity index (χ1n) is 4.29. The highest BCUT2D eigenvalue weighted by atomic mass is 30.0. The summed E-state index contributed by atoms with van der Waals surface area (Å²) in [6, 6.07) is 0. The lowest BCUT2D eigenvalue weighted by Crippen LogP contribution is -2.54. The van der Waals surface area contributed by atoms with Gasteiger partial charge in [0.2, 0.25) is 8.92 Å². The third-order valence-electron chi connectivity index (χ3n) is 1.82. The topological polar surface area (TPSA) is 102 Å². The molecular formula is C3H10O6Si7. The van der Waals surface area contributed by atoms with Gasteiger partial charge in [0, 0.05) is 0 Å². The van der Waals surface area contributed by atoms with Crippen molar-refractivity contribution in [1.82, 2.24) is 0 Å². The van der Waals surface area contributed by atoms with Crippen molar-refractivity contribution in [3.8, 4) is 0 Å². The fourth-order valence-corrected chi connectivity index (χ4v) is 60.7. The lowest BCUT2D eigenvalue weighted by atomic mass is 11.9. The molecule has 0 unspecified atom stereocenters. The quantitative estimate of drug-likeness (QED) is 0.524. The molecule has 13 heteroatoms. The average molecular weight is 339 g/mol.